The van der Waals surface area contributed by atoms with Crippen molar-refractivity contribution in [3.8, 4) is 11.5 Å². The number of nitrogens with two attached hydrogens (primary N) is 1. The van der Waals surface area contributed by atoms with Gasteiger partial charge < -0.3 is 29.4 Å². The van der Waals surface area contributed by atoms with E-state index in [-0.39, 0.29) is 24.5 Å². The molecular weight excluding hydrogens is 937 g/mol. The maximum Gasteiger partial charge on any atom is 0.221 e. The first-order valence-electron chi connectivity index (χ1n) is 30.0. The summed E-state index contributed by atoms with van der Waals surface area (Å²) in [5.74, 6) is 1.70. The number of hydrogen-bond acceptors (Lipinski definition) is 7. The summed E-state index contributed by atoms with van der Waals surface area (Å²) >= 11 is 0. The zero-order chi connectivity index (χ0) is 54.5. The average Bonchev–Trinajstić information content (AvgIpc) is 3.32. The van der Waals surface area contributed by atoms with Gasteiger partial charge in [0.2, 0.25) is 5.91 Å². The zero-order valence-electron chi connectivity index (χ0n) is 49.9. The van der Waals surface area contributed by atoms with Crippen LogP contribution in [0.15, 0.2) is 48.5 Å². The normalized spacial score (nSPS) is 13.1. The van der Waals surface area contributed by atoms with Gasteiger partial charge in [-0.2, -0.15) is 0 Å². The maximum atomic E-state index is 13.6. The van der Waals surface area contributed by atoms with Gasteiger partial charge in [-0.15, -0.1) is 0 Å². The molecule has 1 amide bonds. The highest BCUT2D eigenvalue weighted by molar-refractivity contribution is 6.78. The number of ether oxygens (including phenoxy) is 2. The van der Waals surface area contributed by atoms with Gasteiger partial charge in [0.15, 0.2) is 16.6 Å². The lowest BCUT2D eigenvalue weighted by atomic mass is 9.84. The van der Waals surface area contributed by atoms with Crippen molar-refractivity contribution in [2.45, 2.75) is 284 Å². The van der Waals surface area contributed by atoms with E-state index in [1.807, 2.05) is 55.5 Å². The van der Waals surface area contributed by atoms with Crippen molar-refractivity contribution >= 4 is 28.3 Å². The van der Waals surface area contributed by atoms with E-state index in [9.17, 15) is 9.59 Å². The fraction of sp³-hybridized carbons (Fsp3) is 0.778. The van der Waals surface area contributed by atoms with Gasteiger partial charge in [0.05, 0.1) is 24.8 Å². The van der Waals surface area contributed by atoms with Gasteiger partial charge in [0, 0.05) is 26.1 Å². The first-order chi connectivity index (χ1) is 34.6. The Labute approximate surface area is 452 Å². The van der Waals surface area contributed by atoms with Crippen LogP contribution in [-0.4, -0.2) is 60.8 Å². The number of carbonyl (C=O) groups is 2. The molecule has 0 saturated heterocycles. The number of amides is 1. The van der Waals surface area contributed by atoms with Gasteiger partial charge in [-0.05, 0) is 114 Å². The Kier molecular flexibility index (Phi) is 32.6. The van der Waals surface area contributed by atoms with E-state index < -0.39 is 28.2 Å². The van der Waals surface area contributed by atoms with E-state index in [4.69, 9.17) is 24.1 Å². The third-order valence-corrected chi connectivity index (χ3v) is 28.5. The first-order valence-corrected chi connectivity index (χ1v) is 34.3. The maximum absolute atomic E-state index is 13.6. The van der Waals surface area contributed by atoms with E-state index in [1.54, 1.807) is 0 Å². The SMILES string of the molecule is CC(C)C[C@H](N)C(=O)CCC(=O)NC(C)(c1ccc(OCCCCCCCCCCCO[Si](C(C)C)(C(C)C)C(C)C)cc1)c1ccc(OCCCCCCCCCCCO[Si](C(C)C)(C(C)C)C(C)C)cc1. The minimum Gasteiger partial charge on any atom is -0.494 e. The van der Waals surface area contributed by atoms with E-state index in [0.717, 1.165) is 48.7 Å². The van der Waals surface area contributed by atoms with Crippen LogP contribution in [0, 0.1) is 5.92 Å². The molecule has 0 spiro atoms. The van der Waals surface area contributed by atoms with Crippen molar-refractivity contribution < 1.29 is 27.9 Å². The van der Waals surface area contributed by atoms with Gasteiger partial charge >= 0.3 is 0 Å². The summed E-state index contributed by atoms with van der Waals surface area (Å²) in [6.07, 6.45) is 23.0. The number of carbonyl (C=O) groups excluding carboxylic acids is 2. The van der Waals surface area contributed by atoms with E-state index in [1.165, 1.54) is 103 Å². The van der Waals surface area contributed by atoms with Gasteiger partial charge in [-0.1, -0.05) is 211 Å². The molecule has 0 saturated carbocycles. The van der Waals surface area contributed by atoms with Gasteiger partial charge in [-0.3, -0.25) is 9.59 Å². The lowest BCUT2D eigenvalue weighted by Crippen LogP contribution is -2.47. The van der Waals surface area contributed by atoms with Crippen molar-refractivity contribution in [1.82, 2.24) is 5.32 Å². The summed E-state index contributed by atoms with van der Waals surface area (Å²) in [4.78, 5) is 26.4. The lowest BCUT2D eigenvalue weighted by Gasteiger charge is -2.42. The molecule has 73 heavy (non-hydrogen) atoms. The van der Waals surface area contributed by atoms with Crippen LogP contribution in [0.3, 0.4) is 0 Å². The van der Waals surface area contributed by atoms with Gasteiger partial charge in [0.25, 0.3) is 0 Å². The molecule has 2 rings (SSSR count). The molecule has 2 aromatic carbocycles. The molecule has 420 valence electrons. The highest BCUT2D eigenvalue weighted by Gasteiger charge is 2.46. The fourth-order valence-electron chi connectivity index (χ4n) is 12.2. The van der Waals surface area contributed by atoms with Crippen LogP contribution in [0.25, 0.3) is 0 Å². The van der Waals surface area contributed by atoms with Crippen molar-refractivity contribution in [3.05, 3.63) is 59.7 Å². The van der Waals surface area contributed by atoms with E-state index >= 15 is 0 Å². The first kappa shape index (κ1) is 66.6. The Bertz CT molecular complexity index is 1600. The summed E-state index contributed by atoms with van der Waals surface area (Å²) in [7, 11) is -3.49. The van der Waals surface area contributed by atoms with Gasteiger partial charge in [-0.25, -0.2) is 0 Å². The predicted octanol–water partition coefficient (Wildman–Crippen LogP) is 18.0. The summed E-state index contributed by atoms with van der Waals surface area (Å²) in [5, 5.41) is 3.30. The number of hydrogen-bond donors (Lipinski definition) is 2. The van der Waals surface area contributed by atoms with Crippen molar-refractivity contribution in [2.24, 2.45) is 11.7 Å². The second-order valence-electron chi connectivity index (χ2n) is 24.3. The molecule has 1 atom stereocenters. The minimum atomic E-state index is -1.75. The van der Waals surface area contributed by atoms with Crippen molar-refractivity contribution in [3.63, 3.8) is 0 Å². The summed E-state index contributed by atoms with van der Waals surface area (Å²) in [6, 6.07) is 15.6. The molecule has 0 aliphatic rings. The van der Waals surface area contributed by atoms with Crippen LogP contribution < -0.4 is 20.5 Å². The summed E-state index contributed by atoms with van der Waals surface area (Å²) < 4.78 is 25.9. The minimum absolute atomic E-state index is 0.0713. The second kappa shape index (κ2) is 35.8. The number of ketones is 1. The van der Waals surface area contributed by atoms with Crippen molar-refractivity contribution in [1.29, 1.82) is 0 Å². The molecule has 3 N–H and O–H groups in total. The topological polar surface area (TPSA) is 109 Å². The van der Waals surface area contributed by atoms with Crippen molar-refractivity contribution in [2.75, 3.05) is 26.4 Å². The Hall–Kier alpha value is -2.51. The number of unbranched alkanes of at least 4 members (excludes halogenated alkanes) is 16. The third kappa shape index (κ3) is 22.9. The standard InChI is InChI=1S/C63H114N2O6Si2/c1-49(2)48-60(64)61(66)42-43-62(67)65-63(15,56-34-38-58(39-35-56)68-44-30-26-22-18-16-20-24-28-32-46-70-72(50(3)4,51(5)6)52(7)8)57-36-40-59(41-37-57)69-45-31-27-23-19-17-21-25-29-33-47-71-73(53(9)10,54(11)12)55(13)14/h34-41,49-55,60H,16-33,42-48,64H2,1-15H3,(H,65,67)/t60-/m0/s1. The number of rotatable bonds is 43. The third-order valence-electron chi connectivity index (χ3n) is 16.2. The summed E-state index contributed by atoms with van der Waals surface area (Å²) in [5.41, 5.74) is 11.1. The summed E-state index contributed by atoms with van der Waals surface area (Å²) in [6.45, 7) is 37.8. The predicted molar refractivity (Wildman–Crippen MR) is 317 cm³/mol. The zero-order valence-corrected chi connectivity index (χ0v) is 51.9. The van der Waals surface area contributed by atoms with Crippen LogP contribution in [0.5, 0.6) is 11.5 Å². The fourth-order valence-corrected chi connectivity index (χ4v) is 23.2. The number of nitrogens with one attached hydrogen (secondary N) is 1. The largest absolute Gasteiger partial charge is 0.494 e. The molecule has 0 heterocycles. The highest BCUT2D eigenvalue weighted by Crippen LogP contribution is 2.43. The molecule has 0 unspecified atom stereocenters. The molecule has 0 aliphatic carbocycles. The molecular formula is C63H114N2O6Si2. The Morgan fingerprint density at radius 1 is 0.452 bits per heavy atom. The van der Waals surface area contributed by atoms with Gasteiger partial charge in [0.1, 0.15) is 17.3 Å². The Balaban J connectivity index is 1.82. The number of Topliss-reactive ketones (excluding diaryl/α,β-unsaturated/α-hetero) is 1. The molecule has 0 radical (unpaired) electrons. The molecule has 0 fully saturated rings. The number of benzene rings is 2. The molecule has 8 nitrogen and oxygen atoms in total. The molecule has 2 aromatic rings. The average molecular weight is 1050 g/mol. The monoisotopic (exact) mass is 1050 g/mol. The van der Waals surface area contributed by atoms with Crippen LogP contribution in [0.1, 0.15) is 250 Å². The smallest absolute Gasteiger partial charge is 0.221 e. The molecule has 0 aromatic heterocycles. The molecule has 0 aliphatic heterocycles. The molecule has 0 bridgehead atoms. The van der Waals surface area contributed by atoms with Crippen LogP contribution >= 0.6 is 0 Å². The van der Waals surface area contributed by atoms with Crippen LogP contribution in [0.4, 0.5) is 0 Å². The van der Waals surface area contributed by atoms with E-state index in [2.05, 4.69) is 102 Å². The molecule has 10 heteroatoms. The lowest BCUT2D eigenvalue weighted by molar-refractivity contribution is -0.127. The van der Waals surface area contributed by atoms with Crippen LogP contribution in [-0.2, 0) is 24.0 Å². The quantitative estimate of drug-likeness (QED) is 0.0503. The Morgan fingerprint density at radius 3 is 1.03 bits per heavy atom. The second-order valence-corrected chi connectivity index (χ2v) is 35.2. The Morgan fingerprint density at radius 2 is 0.740 bits per heavy atom. The van der Waals surface area contributed by atoms with E-state index in [0.29, 0.717) is 58.8 Å². The van der Waals surface area contributed by atoms with Crippen LogP contribution in [0.2, 0.25) is 33.2 Å². The highest BCUT2D eigenvalue weighted by atomic mass is 28.4.